The summed E-state index contributed by atoms with van der Waals surface area (Å²) in [5, 5.41) is 9.86. The van der Waals surface area contributed by atoms with E-state index in [0.717, 1.165) is 12.0 Å². The van der Waals surface area contributed by atoms with Gasteiger partial charge in [-0.3, -0.25) is 14.3 Å². The maximum Gasteiger partial charge on any atom is 0.251 e. The fourth-order valence-electron chi connectivity index (χ4n) is 2.12. The third-order valence-electron chi connectivity index (χ3n) is 3.82. The molecule has 2 aromatic rings. The Hall–Kier alpha value is -2.63. The van der Waals surface area contributed by atoms with Gasteiger partial charge in [0.05, 0.1) is 0 Å². The first-order chi connectivity index (χ1) is 11.6. The molecule has 24 heavy (non-hydrogen) atoms. The molecule has 6 heteroatoms. The van der Waals surface area contributed by atoms with Crippen LogP contribution in [0, 0.1) is 0 Å². The number of aromatic nitrogens is 2. The van der Waals surface area contributed by atoms with E-state index < -0.39 is 0 Å². The number of amides is 2. The van der Waals surface area contributed by atoms with E-state index in [-0.39, 0.29) is 17.9 Å². The van der Waals surface area contributed by atoms with Gasteiger partial charge in [0, 0.05) is 43.5 Å². The molecule has 0 unspecified atom stereocenters. The number of nitrogens with one attached hydrogen (secondary N) is 2. The first kappa shape index (κ1) is 17.7. The number of hydrogen-bond acceptors (Lipinski definition) is 3. The van der Waals surface area contributed by atoms with Crippen LogP contribution < -0.4 is 10.6 Å². The van der Waals surface area contributed by atoms with E-state index in [0.29, 0.717) is 25.1 Å². The molecule has 0 bridgehead atoms. The van der Waals surface area contributed by atoms with E-state index in [9.17, 15) is 9.59 Å². The van der Waals surface area contributed by atoms with E-state index in [4.69, 9.17) is 0 Å². The smallest absolute Gasteiger partial charge is 0.251 e. The van der Waals surface area contributed by atoms with Crippen LogP contribution in [0.4, 0.5) is 0 Å². The summed E-state index contributed by atoms with van der Waals surface area (Å²) in [6.45, 7) is 5.02. The Balaban J connectivity index is 1.76. The molecule has 0 saturated heterocycles. The fourth-order valence-corrected chi connectivity index (χ4v) is 2.12. The lowest BCUT2D eigenvalue weighted by Crippen LogP contribution is -2.31. The van der Waals surface area contributed by atoms with E-state index in [1.54, 1.807) is 23.0 Å². The zero-order valence-corrected chi connectivity index (χ0v) is 14.2. The molecule has 0 fully saturated rings. The van der Waals surface area contributed by atoms with Crippen molar-refractivity contribution < 1.29 is 9.59 Å². The topological polar surface area (TPSA) is 76.0 Å². The van der Waals surface area contributed by atoms with Crippen LogP contribution in [-0.2, 0) is 17.9 Å². The molecule has 1 aromatic carbocycles. The van der Waals surface area contributed by atoms with Crippen LogP contribution in [0.15, 0.2) is 42.7 Å². The normalized spacial score (nSPS) is 11.8. The molecule has 0 radical (unpaired) electrons. The van der Waals surface area contributed by atoms with Crippen molar-refractivity contribution in [3.63, 3.8) is 0 Å². The molecule has 2 N–H and O–H groups in total. The zero-order valence-electron chi connectivity index (χ0n) is 14.2. The van der Waals surface area contributed by atoms with Gasteiger partial charge >= 0.3 is 0 Å². The molecular weight excluding hydrogens is 304 g/mol. The van der Waals surface area contributed by atoms with Gasteiger partial charge in [-0.1, -0.05) is 19.1 Å². The number of hydrogen-bond donors (Lipinski definition) is 2. The zero-order chi connectivity index (χ0) is 17.4. The van der Waals surface area contributed by atoms with Crippen molar-refractivity contribution in [3.8, 4) is 0 Å². The van der Waals surface area contributed by atoms with Gasteiger partial charge in [-0.15, -0.1) is 0 Å². The largest absolute Gasteiger partial charge is 0.352 e. The summed E-state index contributed by atoms with van der Waals surface area (Å²) in [4.78, 5) is 23.8. The minimum absolute atomic E-state index is 0.0240. The molecule has 0 spiro atoms. The van der Waals surface area contributed by atoms with Crippen molar-refractivity contribution in [2.75, 3.05) is 0 Å². The second-order valence-electron chi connectivity index (χ2n) is 5.78. The third kappa shape index (κ3) is 5.53. The van der Waals surface area contributed by atoms with Crippen molar-refractivity contribution >= 4 is 11.8 Å². The highest BCUT2D eigenvalue weighted by molar-refractivity contribution is 5.94. The second-order valence-corrected chi connectivity index (χ2v) is 5.78. The fraction of sp³-hybridized carbons (Fsp3) is 0.389. The Kier molecular flexibility index (Phi) is 6.54. The second kappa shape index (κ2) is 8.86. The van der Waals surface area contributed by atoms with E-state index in [2.05, 4.69) is 15.7 Å². The molecule has 6 nitrogen and oxygen atoms in total. The number of rotatable bonds is 8. The van der Waals surface area contributed by atoms with Gasteiger partial charge in [-0.05, 0) is 37.1 Å². The summed E-state index contributed by atoms with van der Waals surface area (Å²) in [7, 11) is 0. The molecular formula is C18H24N4O2. The van der Waals surface area contributed by atoms with Crippen LogP contribution >= 0.6 is 0 Å². The molecule has 0 aliphatic heterocycles. The van der Waals surface area contributed by atoms with E-state index in [1.807, 2.05) is 38.2 Å². The van der Waals surface area contributed by atoms with Gasteiger partial charge in [0.1, 0.15) is 0 Å². The molecule has 0 aliphatic rings. The molecule has 0 saturated carbocycles. The van der Waals surface area contributed by atoms with E-state index in [1.165, 1.54) is 0 Å². The summed E-state index contributed by atoms with van der Waals surface area (Å²) in [5.74, 6) is -0.0942. The number of carbonyl (C=O) groups is 2. The first-order valence-corrected chi connectivity index (χ1v) is 8.22. The minimum atomic E-state index is -0.0702. The van der Waals surface area contributed by atoms with Crippen molar-refractivity contribution in [1.82, 2.24) is 20.4 Å². The van der Waals surface area contributed by atoms with Crippen LogP contribution in [0.25, 0.3) is 0 Å². The van der Waals surface area contributed by atoms with Crippen LogP contribution in [-0.4, -0.2) is 27.6 Å². The molecule has 2 rings (SSSR count). The standard InChI is InChI=1S/C18H24N4O2/c1-3-14(2)21-18(24)16-7-5-15(6-8-16)13-19-17(23)9-12-22-11-4-10-20-22/h4-8,10-11,14H,3,9,12-13H2,1-2H3,(H,19,23)(H,21,24)/t14-/m1/s1. The molecule has 1 heterocycles. The highest BCUT2D eigenvalue weighted by Crippen LogP contribution is 2.05. The predicted molar refractivity (Wildman–Crippen MR) is 92.4 cm³/mol. The van der Waals surface area contributed by atoms with Crippen molar-refractivity contribution in [2.45, 2.75) is 45.8 Å². The average molecular weight is 328 g/mol. The van der Waals surface area contributed by atoms with Crippen LogP contribution in [0.2, 0.25) is 0 Å². The molecule has 1 aromatic heterocycles. The quantitative estimate of drug-likeness (QED) is 0.779. The lowest BCUT2D eigenvalue weighted by Gasteiger charge is -2.11. The Labute approximate surface area is 142 Å². The average Bonchev–Trinajstić information content (AvgIpc) is 3.12. The van der Waals surface area contributed by atoms with Crippen molar-refractivity contribution in [1.29, 1.82) is 0 Å². The summed E-state index contributed by atoms with van der Waals surface area (Å²) in [5.41, 5.74) is 1.59. The highest BCUT2D eigenvalue weighted by Gasteiger charge is 2.08. The van der Waals surface area contributed by atoms with Gasteiger partial charge < -0.3 is 10.6 Å². The SMILES string of the molecule is CC[C@@H](C)NC(=O)c1ccc(CNC(=O)CCn2cccn2)cc1. The van der Waals surface area contributed by atoms with Gasteiger partial charge in [0.2, 0.25) is 5.91 Å². The third-order valence-corrected chi connectivity index (χ3v) is 3.82. The van der Waals surface area contributed by atoms with Gasteiger partial charge in [-0.2, -0.15) is 5.10 Å². The summed E-state index contributed by atoms with van der Waals surface area (Å²) in [6, 6.07) is 9.27. The lowest BCUT2D eigenvalue weighted by atomic mass is 10.1. The predicted octanol–water partition coefficient (Wildman–Crippen LogP) is 2.12. The van der Waals surface area contributed by atoms with Gasteiger partial charge in [0.15, 0.2) is 0 Å². The van der Waals surface area contributed by atoms with Gasteiger partial charge in [-0.25, -0.2) is 0 Å². The minimum Gasteiger partial charge on any atom is -0.352 e. The van der Waals surface area contributed by atoms with Crippen molar-refractivity contribution in [3.05, 3.63) is 53.9 Å². The first-order valence-electron chi connectivity index (χ1n) is 8.22. The maximum absolute atomic E-state index is 12.0. The van der Waals surface area contributed by atoms with E-state index >= 15 is 0 Å². The maximum atomic E-state index is 12.0. The number of aryl methyl sites for hydroxylation is 1. The molecule has 2 amide bonds. The van der Waals surface area contributed by atoms with Crippen molar-refractivity contribution in [2.24, 2.45) is 0 Å². The summed E-state index contributed by atoms with van der Waals surface area (Å²) in [6.07, 6.45) is 4.80. The number of nitrogens with zero attached hydrogens (tertiary/aromatic N) is 2. The Morgan fingerprint density at radius 2 is 2.00 bits per heavy atom. The highest BCUT2D eigenvalue weighted by atomic mass is 16.2. The Bertz CT molecular complexity index is 650. The number of carbonyl (C=O) groups excluding carboxylic acids is 2. The molecule has 1 atom stereocenters. The molecule has 0 aliphatic carbocycles. The summed E-state index contributed by atoms with van der Waals surface area (Å²) < 4.78 is 1.73. The monoisotopic (exact) mass is 328 g/mol. The van der Waals surface area contributed by atoms with Crippen LogP contribution in [0.5, 0.6) is 0 Å². The van der Waals surface area contributed by atoms with Crippen LogP contribution in [0.1, 0.15) is 42.6 Å². The van der Waals surface area contributed by atoms with Crippen LogP contribution in [0.3, 0.4) is 0 Å². The Morgan fingerprint density at radius 3 is 2.62 bits per heavy atom. The number of benzene rings is 1. The lowest BCUT2D eigenvalue weighted by molar-refractivity contribution is -0.121. The van der Waals surface area contributed by atoms with Gasteiger partial charge in [0.25, 0.3) is 5.91 Å². The Morgan fingerprint density at radius 1 is 1.25 bits per heavy atom. The summed E-state index contributed by atoms with van der Waals surface area (Å²) >= 11 is 0. The molecule has 128 valence electrons.